The normalized spacial score (nSPS) is 17.7. The number of nitrogen functional groups attached to an aromatic ring is 1. The number of nitrogens with one attached hydrogen (secondary N) is 2. The molecule has 3 atom stereocenters. The summed E-state index contributed by atoms with van der Waals surface area (Å²) in [5, 5.41) is 14.2. The molecule has 0 aromatic heterocycles. The van der Waals surface area contributed by atoms with Crippen molar-refractivity contribution in [2.75, 3.05) is 12.3 Å². The molecule has 3 amide bonds. The minimum absolute atomic E-state index is 0.212. The van der Waals surface area contributed by atoms with Crippen LogP contribution in [0, 0.1) is 5.41 Å². The molecule has 33 heavy (non-hydrogen) atoms. The van der Waals surface area contributed by atoms with Crippen LogP contribution in [0.2, 0.25) is 5.02 Å². The second-order valence-electron chi connectivity index (χ2n) is 9.05. The summed E-state index contributed by atoms with van der Waals surface area (Å²) in [6.07, 6.45) is 0.700. The van der Waals surface area contributed by atoms with Crippen molar-refractivity contribution in [3.05, 3.63) is 28.8 Å². The molecule has 5 N–H and O–H groups in total. The van der Waals surface area contributed by atoms with Crippen LogP contribution in [-0.2, 0) is 19.2 Å². The van der Waals surface area contributed by atoms with Crippen molar-refractivity contribution in [3.8, 4) is 0 Å². The highest BCUT2D eigenvalue weighted by Crippen LogP contribution is 2.27. The van der Waals surface area contributed by atoms with Gasteiger partial charge in [0.25, 0.3) is 5.91 Å². The molecule has 1 fully saturated rings. The number of amides is 3. The van der Waals surface area contributed by atoms with E-state index in [9.17, 15) is 24.0 Å². The fraction of sp³-hybridized carbons (Fsp3) is 0.500. The van der Waals surface area contributed by atoms with Gasteiger partial charge in [0.1, 0.15) is 18.4 Å². The minimum atomic E-state index is -1.23. The molecule has 1 aromatic rings. The van der Waals surface area contributed by atoms with Gasteiger partial charge in [0.2, 0.25) is 11.8 Å². The Bertz CT molecular complexity index is 945. The lowest BCUT2D eigenvalue weighted by Crippen LogP contribution is -2.58. The fourth-order valence-electron chi connectivity index (χ4n) is 3.60. The molecule has 1 aliphatic heterocycles. The molecule has 180 valence electrons. The lowest BCUT2D eigenvalue weighted by molar-refractivity contribution is -0.143. The molecular weight excluding hydrogens is 452 g/mol. The summed E-state index contributed by atoms with van der Waals surface area (Å²) in [6.45, 7) is 5.64. The minimum Gasteiger partial charge on any atom is -0.481 e. The Kier molecular flexibility index (Phi) is 8.43. The van der Waals surface area contributed by atoms with Crippen LogP contribution in [0.15, 0.2) is 18.2 Å². The lowest BCUT2D eigenvalue weighted by Gasteiger charge is -2.35. The van der Waals surface area contributed by atoms with Gasteiger partial charge in [-0.1, -0.05) is 32.4 Å². The van der Waals surface area contributed by atoms with Crippen molar-refractivity contribution in [1.29, 1.82) is 0 Å². The Labute approximate surface area is 196 Å². The number of aliphatic carboxylic acids is 1. The van der Waals surface area contributed by atoms with E-state index in [-0.39, 0.29) is 17.1 Å². The number of nitrogens with zero attached hydrogens (tertiary/aromatic N) is 1. The van der Waals surface area contributed by atoms with Gasteiger partial charge in [-0.15, -0.1) is 0 Å². The Morgan fingerprint density at radius 1 is 1.27 bits per heavy atom. The number of likely N-dealkylation sites (tertiary alicyclic amines) is 1. The summed E-state index contributed by atoms with van der Waals surface area (Å²) in [6, 6.07) is 1.37. The van der Waals surface area contributed by atoms with Crippen LogP contribution < -0.4 is 16.4 Å². The van der Waals surface area contributed by atoms with Crippen molar-refractivity contribution >= 4 is 47.3 Å². The highest BCUT2D eigenvalue weighted by atomic mass is 35.5. The molecule has 0 spiro atoms. The quantitative estimate of drug-likeness (QED) is 0.321. The summed E-state index contributed by atoms with van der Waals surface area (Å²) < 4.78 is 0. The van der Waals surface area contributed by atoms with Crippen LogP contribution in [0.4, 0.5) is 5.69 Å². The highest BCUT2D eigenvalue weighted by Gasteiger charge is 2.42. The molecule has 2 rings (SSSR count). The zero-order valence-corrected chi connectivity index (χ0v) is 19.5. The average molecular weight is 481 g/mol. The van der Waals surface area contributed by atoms with Gasteiger partial charge in [-0.2, -0.15) is 0 Å². The van der Waals surface area contributed by atoms with Crippen LogP contribution in [-0.4, -0.2) is 64.7 Å². The van der Waals surface area contributed by atoms with Gasteiger partial charge in [-0.3, -0.25) is 19.2 Å². The van der Waals surface area contributed by atoms with Crippen LogP contribution in [0.3, 0.4) is 0 Å². The molecule has 1 saturated heterocycles. The summed E-state index contributed by atoms with van der Waals surface area (Å²) in [5.41, 5.74) is 5.55. The molecular formula is C22H29ClN4O6. The molecule has 0 radical (unpaired) electrons. The number of hydrogen-bond acceptors (Lipinski definition) is 6. The third kappa shape index (κ3) is 6.67. The first-order valence-electron chi connectivity index (χ1n) is 10.5. The number of aldehydes is 1. The van der Waals surface area contributed by atoms with Gasteiger partial charge in [-0.25, -0.2) is 0 Å². The number of carbonyl (C=O) groups excluding carboxylic acids is 4. The van der Waals surface area contributed by atoms with Crippen molar-refractivity contribution in [1.82, 2.24) is 15.5 Å². The predicted molar refractivity (Wildman–Crippen MR) is 122 cm³/mol. The molecule has 1 aliphatic rings. The van der Waals surface area contributed by atoms with Crippen LogP contribution in [0.25, 0.3) is 0 Å². The third-order valence-electron chi connectivity index (χ3n) is 5.38. The third-order valence-corrected chi connectivity index (χ3v) is 5.70. The first-order chi connectivity index (χ1) is 15.3. The second kappa shape index (κ2) is 10.7. The molecule has 1 heterocycles. The van der Waals surface area contributed by atoms with E-state index in [1.165, 1.54) is 23.1 Å². The van der Waals surface area contributed by atoms with Crippen molar-refractivity contribution in [2.24, 2.45) is 5.41 Å². The SMILES string of the molecule is CC(C)(C)[C@@H](NC(=O)c1ccc(N)c(Cl)c1)C(=O)N1CCC[C@H]1C(=O)N[C@H](C=O)CC(=O)O. The largest absolute Gasteiger partial charge is 0.481 e. The van der Waals surface area contributed by atoms with E-state index in [1.807, 2.05) is 0 Å². The molecule has 0 bridgehead atoms. The highest BCUT2D eigenvalue weighted by molar-refractivity contribution is 6.33. The van der Waals surface area contributed by atoms with Gasteiger partial charge in [0.05, 0.1) is 23.2 Å². The molecule has 11 heteroatoms. The molecule has 10 nitrogen and oxygen atoms in total. The molecule has 0 saturated carbocycles. The molecule has 0 aliphatic carbocycles. The van der Waals surface area contributed by atoms with Crippen LogP contribution in [0.1, 0.15) is 50.4 Å². The number of rotatable bonds is 8. The topological polar surface area (TPSA) is 159 Å². The van der Waals surface area contributed by atoms with E-state index in [0.29, 0.717) is 24.8 Å². The van der Waals surface area contributed by atoms with E-state index < -0.39 is 53.7 Å². The van der Waals surface area contributed by atoms with Gasteiger partial charge in [-0.05, 0) is 36.5 Å². The summed E-state index contributed by atoms with van der Waals surface area (Å²) in [4.78, 5) is 62.4. The van der Waals surface area contributed by atoms with Crippen LogP contribution in [0.5, 0.6) is 0 Å². The number of halogens is 1. The van der Waals surface area contributed by atoms with Crippen molar-refractivity contribution in [3.63, 3.8) is 0 Å². The van der Waals surface area contributed by atoms with Gasteiger partial charge >= 0.3 is 5.97 Å². The Morgan fingerprint density at radius 3 is 2.48 bits per heavy atom. The fourth-order valence-corrected chi connectivity index (χ4v) is 3.78. The first-order valence-corrected chi connectivity index (χ1v) is 10.9. The van der Waals surface area contributed by atoms with Crippen LogP contribution >= 0.6 is 11.6 Å². The first kappa shape index (κ1) is 26.1. The number of carboxylic acids is 1. The van der Waals surface area contributed by atoms with E-state index >= 15 is 0 Å². The van der Waals surface area contributed by atoms with Crippen molar-refractivity contribution < 1.29 is 29.1 Å². The zero-order valence-electron chi connectivity index (χ0n) is 18.8. The number of anilines is 1. The number of carbonyl (C=O) groups is 5. The van der Waals surface area contributed by atoms with Gasteiger partial charge < -0.3 is 31.2 Å². The van der Waals surface area contributed by atoms with E-state index in [2.05, 4.69) is 10.6 Å². The molecule has 0 unspecified atom stereocenters. The monoisotopic (exact) mass is 480 g/mol. The summed E-state index contributed by atoms with van der Waals surface area (Å²) >= 11 is 6.00. The Hall–Kier alpha value is -3.14. The average Bonchev–Trinajstić information content (AvgIpc) is 3.21. The lowest BCUT2D eigenvalue weighted by atomic mass is 9.85. The zero-order chi connectivity index (χ0) is 24.9. The van der Waals surface area contributed by atoms with Crippen molar-refractivity contribution in [2.45, 2.75) is 58.2 Å². The second-order valence-corrected chi connectivity index (χ2v) is 9.45. The number of carboxylic acid groups (broad SMARTS) is 1. The van der Waals surface area contributed by atoms with E-state index in [1.54, 1.807) is 20.8 Å². The maximum Gasteiger partial charge on any atom is 0.305 e. The Balaban J connectivity index is 2.20. The summed E-state index contributed by atoms with van der Waals surface area (Å²) in [7, 11) is 0. The maximum atomic E-state index is 13.4. The standard InChI is InChI=1S/C22H29ClN4O6/c1-22(2,3)18(26-19(31)12-6-7-15(24)14(23)9-12)21(33)27-8-4-5-16(27)20(32)25-13(11-28)10-17(29)30/h6-7,9,11,13,16,18H,4-5,8,10,24H2,1-3H3,(H,25,32)(H,26,31)(H,29,30)/t13-,16-,18-/m0/s1. The van der Waals surface area contributed by atoms with Gasteiger partial charge in [0, 0.05) is 12.1 Å². The summed E-state index contributed by atoms with van der Waals surface area (Å²) in [5.74, 6) is -2.81. The maximum absolute atomic E-state index is 13.4. The number of hydrogen-bond donors (Lipinski definition) is 4. The van der Waals surface area contributed by atoms with E-state index in [0.717, 1.165) is 0 Å². The number of nitrogens with two attached hydrogens (primary N) is 1. The Morgan fingerprint density at radius 2 is 1.94 bits per heavy atom. The predicted octanol–water partition coefficient (Wildman–Crippen LogP) is 1.22. The number of benzene rings is 1. The molecule has 1 aromatic carbocycles. The van der Waals surface area contributed by atoms with Gasteiger partial charge in [0.15, 0.2) is 0 Å². The van der Waals surface area contributed by atoms with E-state index in [4.69, 9.17) is 22.4 Å². The smallest absolute Gasteiger partial charge is 0.305 e.